The van der Waals surface area contributed by atoms with E-state index in [1.165, 1.54) is 20.3 Å². The monoisotopic (exact) mass is 216 g/mol. The topological polar surface area (TPSA) is 18.5 Å². The molecule has 0 aliphatic rings. The molecule has 15 heavy (non-hydrogen) atoms. The molecule has 0 aliphatic heterocycles. The zero-order valence-corrected chi connectivity index (χ0v) is 8.85. The van der Waals surface area contributed by atoms with Crippen LogP contribution in [0, 0.1) is 5.82 Å². The molecule has 0 aromatic heterocycles. The molecule has 0 N–H and O–H groups in total. The number of hydrogen-bond acceptors (Lipinski definition) is 2. The summed E-state index contributed by atoms with van der Waals surface area (Å²) in [5.74, 6) is 0.424. The van der Waals surface area contributed by atoms with E-state index in [9.17, 15) is 8.78 Å². The Labute approximate surface area is 87.8 Å². The Morgan fingerprint density at radius 1 is 1.13 bits per heavy atom. The first-order chi connectivity index (χ1) is 7.22. The molecule has 0 amide bonds. The van der Waals surface area contributed by atoms with Crippen molar-refractivity contribution in [2.24, 2.45) is 0 Å². The molecular formula is C11H14F2O2. The average molecular weight is 216 g/mol. The lowest BCUT2D eigenvalue weighted by Crippen LogP contribution is -1.97. The van der Waals surface area contributed by atoms with Crippen LogP contribution in [0.2, 0.25) is 0 Å². The summed E-state index contributed by atoms with van der Waals surface area (Å²) in [5.41, 5.74) is 0.449. The van der Waals surface area contributed by atoms with Crippen molar-refractivity contribution < 1.29 is 18.3 Å². The lowest BCUT2D eigenvalue weighted by molar-refractivity contribution is 0.351. The summed E-state index contributed by atoms with van der Waals surface area (Å²) in [6.07, 6.45) is 0.676. The van der Waals surface area contributed by atoms with Crippen molar-refractivity contribution in [3.63, 3.8) is 0 Å². The normalized spacial score (nSPS) is 10.1. The van der Waals surface area contributed by atoms with Gasteiger partial charge in [0.25, 0.3) is 0 Å². The molecule has 1 aromatic carbocycles. The quantitative estimate of drug-likeness (QED) is 0.753. The maximum absolute atomic E-state index is 13.4. The number of ether oxygens (including phenoxy) is 2. The molecule has 4 heteroatoms. The summed E-state index contributed by atoms with van der Waals surface area (Å²) in [6, 6.07) is 2.80. The molecule has 84 valence electrons. The lowest BCUT2D eigenvalue weighted by Gasteiger charge is -2.10. The first kappa shape index (κ1) is 11.8. The van der Waals surface area contributed by atoms with Gasteiger partial charge in [-0.3, -0.25) is 4.39 Å². The molecular weight excluding hydrogens is 202 g/mol. The van der Waals surface area contributed by atoms with Gasteiger partial charge in [-0.05, 0) is 24.5 Å². The van der Waals surface area contributed by atoms with Crippen molar-refractivity contribution in [3.8, 4) is 11.5 Å². The van der Waals surface area contributed by atoms with Crippen molar-refractivity contribution in [1.82, 2.24) is 0 Å². The highest BCUT2D eigenvalue weighted by Crippen LogP contribution is 2.30. The van der Waals surface area contributed by atoms with E-state index in [1.54, 1.807) is 6.07 Å². The van der Waals surface area contributed by atoms with Gasteiger partial charge < -0.3 is 9.47 Å². The molecule has 0 fully saturated rings. The fourth-order valence-corrected chi connectivity index (χ4v) is 1.35. The van der Waals surface area contributed by atoms with E-state index in [1.807, 2.05) is 0 Å². The van der Waals surface area contributed by atoms with E-state index in [-0.39, 0.29) is 5.82 Å². The third-order valence-corrected chi connectivity index (χ3v) is 2.13. The first-order valence-corrected chi connectivity index (χ1v) is 4.69. The van der Waals surface area contributed by atoms with E-state index >= 15 is 0 Å². The summed E-state index contributed by atoms with van der Waals surface area (Å²) in [7, 11) is 2.92. The minimum Gasteiger partial charge on any atom is -0.493 e. The number of aryl methyl sites for hydroxylation is 1. The predicted molar refractivity (Wildman–Crippen MR) is 53.8 cm³/mol. The molecule has 0 heterocycles. The summed E-state index contributed by atoms with van der Waals surface area (Å²) < 4.78 is 35.3. The van der Waals surface area contributed by atoms with Gasteiger partial charge in [0.1, 0.15) is 5.82 Å². The third-order valence-electron chi connectivity index (χ3n) is 2.13. The van der Waals surface area contributed by atoms with Crippen LogP contribution >= 0.6 is 0 Å². The minimum atomic E-state index is -0.451. The molecule has 0 spiro atoms. The van der Waals surface area contributed by atoms with E-state index < -0.39 is 6.67 Å². The molecule has 2 nitrogen and oxygen atoms in total. The van der Waals surface area contributed by atoms with Gasteiger partial charge in [0.15, 0.2) is 11.5 Å². The van der Waals surface area contributed by atoms with E-state index in [0.29, 0.717) is 29.9 Å². The zero-order valence-electron chi connectivity index (χ0n) is 8.85. The molecule has 0 radical (unpaired) electrons. The van der Waals surface area contributed by atoms with Gasteiger partial charge >= 0.3 is 0 Å². The molecule has 0 saturated heterocycles. The Morgan fingerprint density at radius 2 is 1.73 bits per heavy atom. The van der Waals surface area contributed by atoms with Crippen molar-refractivity contribution in [3.05, 3.63) is 23.5 Å². The first-order valence-electron chi connectivity index (χ1n) is 4.69. The highest BCUT2D eigenvalue weighted by Gasteiger charge is 2.10. The van der Waals surface area contributed by atoms with Crippen LogP contribution in [0.3, 0.4) is 0 Å². The molecule has 0 aliphatic carbocycles. The van der Waals surface area contributed by atoms with Crippen molar-refractivity contribution in [1.29, 1.82) is 0 Å². The zero-order chi connectivity index (χ0) is 11.3. The van der Waals surface area contributed by atoms with Crippen LogP contribution in [0.5, 0.6) is 11.5 Å². The number of benzene rings is 1. The largest absolute Gasteiger partial charge is 0.493 e. The van der Waals surface area contributed by atoms with Gasteiger partial charge in [0.05, 0.1) is 20.9 Å². The Hall–Kier alpha value is -1.32. The van der Waals surface area contributed by atoms with Gasteiger partial charge in [-0.15, -0.1) is 0 Å². The fourth-order valence-electron chi connectivity index (χ4n) is 1.35. The summed E-state index contributed by atoms with van der Waals surface area (Å²) in [4.78, 5) is 0. The number of alkyl halides is 1. The maximum Gasteiger partial charge on any atom is 0.163 e. The predicted octanol–water partition coefficient (Wildman–Crippen LogP) is 2.75. The summed E-state index contributed by atoms with van der Waals surface area (Å²) in [6.45, 7) is -0.451. The molecule has 0 saturated carbocycles. The number of rotatable bonds is 5. The summed E-state index contributed by atoms with van der Waals surface area (Å²) >= 11 is 0. The molecule has 1 aromatic rings. The number of hydrogen-bond donors (Lipinski definition) is 0. The van der Waals surface area contributed by atoms with Crippen LogP contribution in [0.1, 0.15) is 12.0 Å². The van der Waals surface area contributed by atoms with Crippen LogP contribution in [-0.2, 0) is 6.42 Å². The number of halogens is 2. The summed E-state index contributed by atoms with van der Waals surface area (Å²) in [5, 5.41) is 0. The Morgan fingerprint density at radius 3 is 2.27 bits per heavy atom. The van der Waals surface area contributed by atoms with Crippen LogP contribution in [0.15, 0.2) is 12.1 Å². The molecule has 0 bridgehead atoms. The van der Waals surface area contributed by atoms with Crippen LogP contribution in [0.25, 0.3) is 0 Å². The van der Waals surface area contributed by atoms with Gasteiger partial charge in [-0.25, -0.2) is 4.39 Å². The fraction of sp³-hybridized carbons (Fsp3) is 0.455. The highest BCUT2D eigenvalue weighted by atomic mass is 19.1. The smallest absolute Gasteiger partial charge is 0.163 e. The number of methoxy groups -OCH3 is 2. The second-order valence-electron chi connectivity index (χ2n) is 3.09. The van der Waals surface area contributed by atoms with E-state index in [0.717, 1.165) is 0 Å². The third kappa shape index (κ3) is 2.81. The second-order valence-corrected chi connectivity index (χ2v) is 3.09. The maximum atomic E-state index is 13.4. The standard InChI is InChI=1S/C11H14F2O2/c1-14-10-6-8(4-3-5-12)9(13)7-11(10)15-2/h6-7H,3-5H2,1-2H3. The Kier molecular flexibility index (Phi) is 4.34. The van der Waals surface area contributed by atoms with Crippen molar-refractivity contribution >= 4 is 0 Å². The van der Waals surface area contributed by atoms with Gasteiger partial charge in [0, 0.05) is 6.07 Å². The van der Waals surface area contributed by atoms with Crippen LogP contribution in [-0.4, -0.2) is 20.9 Å². The molecule has 0 atom stereocenters. The van der Waals surface area contributed by atoms with Gasteiger partial charge in [-0.2, -0.15) is 0 Å². The van der Waals surface area contributed by atoms with Crippen molar-refractivity contribution in [2.45, 2.75) is 12.8 Å². The van der Waals surface area contributed by atoms with E-state index in [4.69, 9.17) is 9.47 Å². The Balaban J connectivity index is 2.97. The highest BCUT2D eigenvalue weighted by molar-refractivity contribution is 5.43. The Bertz CT molecular complexity index is 327. The molecule has 1 rings (SSSR count). The van der Waals surface area contributed by atoms with Crippen LogP contribution in [0.4, 0.5) is 8.78 Å². The van der Waals surface area contributed by atoms with Crippen molar-refractivity contribution in [2.75, 3.05) is 20.9 Å². The second kappa shape index (κ2) is 5.53. The average Bonchev–Trinajstić information content (AvgIpc) is 2.27. The van der Waals surface area contributed by atoms with Crippen LogP contribution < -0.4 is 9.47 Å². The lowest BCUT2D eigenvalue weighted by atomic mass is 10.1. The van der Waals surface area contributed by atoms with E-state index in [2.05, 4.69) is 0 Å². The van der Waals surface area contributed by atoms with Gasteiger partial charge in [0.2, 0.25) is 0 Å². The minimum absolute atomic E-state index is 0.312. The molecule has 0 unspecified atom stereocenters. The SMILES string of the molecule is COc1cc(F)c(CCCF)cc1OC. The van der Waals surface area contributed by atoms with Gasteiger partial charge in [-0.1, -0.05) is 0 Å².